The highest BCUT2D eigenvalue weighted by Gasteiger charge is 2.40. The van der Waals surface area contributed by atoms with Crippen molar-refractivity contribution in [3.8, 4) is 11.1 Å². The SMILES string of the molecule is O=C(O)C[C@H](NC(=O)OCC1c2ccccc2-c2ccccc21)C(=O)N1CCC[C@H]1C(=O)c1nc2ccccc2[nH]1. The fourth-order valence-electron chi connectivity index (χ4n) is 5.89. The number of carbonyl (C=O) groups excluding carboxylic acids is 3. The third-order valence-electron chi connectivity index (χ3n) is 7.77. The Morgan fingerprint density at radius 1 is 0.976 bits per heavy atom. The summed E-state index contributed by atoms with van der Waals surface area (Å²) in [5.74, 6) is -2.32. The van der Waals surface area contributed by atoms with Gasteiger partial charge in [0.25, 0.3) is 0 Å². The predicted octanol–water partition coefficient (Wildman–Crippen LogP) is 4.12. The van der Waals surface area contributed by atoms with Gasteiger partial charge < -0.3 is 25.0 Å². The molecule has 6 rings (SSSR count). The number of carboxylic acid groups (broad SMARTS) is 1. The summed E-state index contributed by atoms with van der Waals surface area (Å²) >= 11 is 0. The maximum absolute atomic E-state index is 13.5. The van der Waals surface area contributed by atoms with Crippen LogP contribution in [0.25, 0.3) is 22.2 Å². The summed E-state index contributed by atoms with van der Waals surface area (Å²) in [4.78, 5) is 60.1. The van der Waals surface area contributed by atoms with E-state index in [4.69, 9.17) is 4.74 Å². The van der Waals surface area contributed by atoms with E-state index < -0.39 is 36.5 Å². The number of imidazole rings is 1. The van der Waals surface area contributed by atoms with Gasteiger partial charge in [-0.25, -0.2) is 9.78 Å². The summed E-state index contributed by atoms with van der Waals surface area (Å²) in [6, 6.07) is 20.8. The summed E-state index contributed by atoms with van der Waals surface area (Å²) in [5.41, 5.74) is 5.54. The van der Waals surface area contributed by atoms with Gasteiger partial charge in [-0.3, -0.25) is 14.4 Å². The van der Waals surface area contributed by atoms with Crippen molar-refractivity contribution in [1.82, 2.24) is 20.2 Å². The van der Waals surface area contributed by atoms with Crippen molar-refractivity contribution >= 4 is 34.8 Å². The number of para-hydroxylation sites is 2. The van der Waals surface area contributed by atoms with Gasteiger partial charge in [-0.1, -0.05) is 60.7 Å². The summed E-state index contributed by atoms with van der Waals surface area (Å²) < 4.78 is 5.55. The topological polar surface area (TPSA) is 142 Å². The Kier molecular flexibility index (Phi) is 6.96. The van der Waals surface area contributed by atoms with Crippen molar-refractivity contribution < 1.29 is 29.0 Å². The molecular formula is C31H28N4O6. The summed E-state index contributed by atoms with van der Waals surface area (Å²) in [5, 5.41) is 11.9. The van der Waals surface area contributed by atoms with E-state index in [1.165, 1.54) is 4.90 Å². The van der Waals surface area contributed by atoms with Crippen LogP contribution in [0.4, 0.5) is 4.79 Å². The van der Waals surface area contributed by atoms with E-state index in [9.17, 15) is 24.3 Å². The zero-order valence-electron chi connectivity index (χ0n) is 22.1. The fourth-order valence-corrected chi connectivity index (χ4v) is 5.89. The molecule has 0 bridgehead atoms. The highest BCUT2D eigenvalue weighted by molar-refractivity contribution is 6.02. The van der Waals surface area contributed by atoms with Crippen molar-refractivity contribution in [3.63, 3.8) is 0 Å². The number of ketones is 1. The average molecular weight is 553 g/mol. The zero-order chi connectivity index (χ0) is 28.5. The van der Waals surface area contributed by atoms with Crippen LogP contribution in [0.5, 0.6) is 0 Å². The molecule has 1 saturated heterocycles. The first-order valence-corrected chi connectivity index (χ1v) is 13.5. The number of benzene rings is 3. The van der Waals surface area contributed by atoms with Crippen LogP contribution in [0.1, 0.15) is 46.9 Å². The number of hydrogen-bond acceptors (Lipinski definition) is 6. The van der Waals surface area contributed by atoms with Crippen LogP contribution < -0.4 is 5.32 Å². The molecule has 0 spiro atoms. The fraction of sp³-hybridized carbons (Fsp3) is 0.258. The number of ether oxygens (including phenoxy) is 1. The van der Waals surface area contributed by atoms with Crippen LogP contribution in [-0.4, -0.2) is 69.0 Å². The average Bonchev–Trinajstić information content (AvgIpc) is 3.71. The molecule has 2 amide bonds. The van der Waals surface area contributed by atoms with Crippen molar-refractivity contribution in [3.05, 3.63) is 89.7 Å². The molecule has 1 fully saturated rings. The van der Waals surface area contributed by atoms with Gasteiger partial charge >= 0.3 is 12.1 Å². The Labute approximate surface area is 235 Å². The van der Waals surface area contributed by atoms with Gasteiger partial charge in [-0.15, -0.1) is 0 Å². The third-order valence-corrected chi connectivity index (χ3v) is 7.77. The Balaban J connectivity index is 1.15. The monoisotopic (exact) mass is 552 g/mol. The number of aromatic nitrogens is 2. The van der Waals surface area contributed by atoms with Gasteiger partial charge in [0.05, 0.1) is 23.5 Å². The van der Waals surface area contributed by atoms with E-state index in [1.54, 1.807) is 12.1 Å². The molecule has 0 radical (unpaired) electrons. The van der Waals surface area contributed by atoms with Crippen molar-refractivity contribution in [2.75, 3.05) is 13.2 Å². The molecule has 4 aromatic rings. The van der Waals surface area contributed by atoms with E-state index in [1.807, 2.05) is 60.7 Å². The number of nitrogens with zero attached hydrogens (tertiary/aromatic N) is 2. The predicted molar refractivity (Wildman–Crippen MR) is 149 cm³/mol. The number of nitrogens with one attached hydrogen (secondary N) is 2. The van der Waals surface area contributed by atoms with Gasteiger partial charge in [0.2, 0.25) is 11.7 Å². The van der Waals surface area contributed by atoms with Gasteiger partial charge in [-0.05, 0) is 47.2 Å². The first kappa shape index (κ1) is 26.2. The summed E-state index contributed by atoms with van der Waals surface area (Å²) in [6.45, 7) is 0.280. The molecule has 1 aliphatic heterocycles. The lowest BCUT2D eigenvalue weighted by Crippen LogP contribution is -2.52. The number of Topliss-reactive ketones (excluding diaryl/α,β-unsaturated/α-hetero) is 1. The molecule has 1 aromatic heterocycles. The number of aliphatic carboxylic acids is 1. The van der Waals surface area contributed by atoms with Crippen molar-refractivity contribution in [2.24, 2.45) is 0 Å². The summed E-state index contributed by atoms with van der Waals surface area (Å²) in [6.07, 6.45) is -0.573. The Hall–Kier alpha value is -4.99. The number of alkyl carbamates (subject to hydrolysis) is 1. The highest BCUT2D eigenvalue weighted by Crippen LogP contribution is 2.44. The highest BCUT2D eigenvalue weighted by atomic mass is 16.5. The first-order valence-electron chi connectivity index (χ1n) is 13.5. The Morgan fingerprint density at radius 3 is 2.32 bits per heavy atom. The molecule has 10 heteroatoms. The molecule has 10 nitrogen and oxygen atoms in total. The second-order valence-corrected chi connectivity index (χ2v) is 10.3. The molecular weight excluding hydrogens is 524 g/mol. The Morgan fingerprint density at radius 2 is 1.63 bits per heavy atom. The van der Waals surface area contributed by atoms with Crippen LogP contribution in [0, 0.1) is 0 Å². The second-order valence-electron chi connectivity index (χ2n) is 10.3. The number of rotatable bonds is 8. The van der Waals surface area contributed by atoms with Crippen LogP contribution in [0.15, 0.2) is 72.8 Å². The molecule has 208 valence electrons. The van der Waals surface area contributed by atoms with E-state index in [2.05, 4.69) is 15.3 Å². The minimum atomic E-state index is -1.40. The minimum absolute atomic E-state index is 0.0186. The van der Waals surface area contributed by atoms with Gasteiger partial charge in [0.15, 0.2) is 5.82 Å². The molecule has 1 aliphatic carbocycles. The van der Waals surface area contributed by atoms with Gasteiger partial charge in [-0.2, -0.15) is 0 Å². The van der Waals surface area contributed by atoms with Crippen molar-refractivity contribution in [2.45, 2.75) is 37.3 Å². The van der Waals surface area contributed by atoms with Crippen LogP contribution in [-0.2, 0) is 14.3 Å². The maximum atomic E-state index is 13.5. The number of hydrogen-bond donors (Lipinski definition) is 3. The number of likely N-dealkylation sites (tertiary alicyclic amines) is 1. The van der Waals surface area contributed by atoms with E-state index in [0.717, 1.165) is 22.3 Å². The van der Waals surface area contributed by atoms with Crippen LogP contribution in [0.3, 0.4) is 0 Å². The zero-order valence-corrected chi connectivity index (χ0v) is 22.1. The third kappa shape index (κ3) is 5.04. The number of amides is 2. The number of carbonyl (C=O) groups is 4. The maximum Gasteiger partial charge on any atom is 0.407 e. The second kappa shape index (κ2) is 10.9. The molecule has 2 heterocycles. The quantitative estimate of drug-likeness (QED) is 0.279. The lowest BCUT2D eigenvalue weighted by Gasteiger charge is -2.27. The van der Waals surface area contributed by atoms with Crippen LogP contribution in [0.2, 0.25) is 0 Å². The van der Waals surface area contributed by atoms with E-state index in [0.29, 0.717) is 23.9 Å². The lowest BCUT2D eigenvalue weighted by atomic mass is 9.98. The van der Waals surface area contributed by atoms with Crippen LogP contribution >= 0.6 is 0 Å². The Bertz CT molecular complexity index is 1580. The molecule has 0 unspecified atom stereocenters. The normalized spacial score (nSPS) is 16.7. The lowest BCUT2D eigenvalue weighted by molar-refractivity contribution is -0.142. The molecule has 41 heavy (non-hydrogen) atoms. The number of carboxylic acids is 1. The van der Waals surface area contributed by atoms with Gasteiger partial charge in [0, 0.05) is 12.5 Å². The largest absolute Gasteiger partial charge is 0.481 e. The standard InChI is InChI=1S/C31H28N4O6/c36-27(37)16-25(30(39)35-15-7-14-26(35)28(38)29-32-23-12-5-6-13-24(23)33-29)34-31(40)41-17-22-20-10-3-1-8-18(20)19-9-2-4-11-21(19)22/h1-6,8-13,22,25-26H,7,14-17H2,(H,32,33)(H,34,40)(H,36,37)/t25-,26-/m0/s1. The minimum Gasteiger partial charge on any atom is -0.481 e. The number of fused-ring (bicyclic) bond motifs is 4. The van der Waals surface area contributed by atoms with E-state index in [-0.39, 0.29) is 30.7 Å². The summed E-state index contributed by atoms with van der Waals surface area (Å²) in [7, 11) is 0. The molecule has 0 saturated carbocycles. The molecule has 3 N–H and O–H groups in total. The first-order chi connectivity index (χ1) is 19.9. The molecule has 2 aliphatic rings. The van der Waals surface area contributed by atoms with Gasteiger partial charge in [0.1, 0.15) is 12.6 Å². The molecule has 3 aromatic carbocycles. The molecule has 2 atom stereocenters. The number of H-pyrrole nitrogens is 1. The van der Waals surface area contributed by atoms with E-state index >= 15 is 0 Å². The smallest absolute Gasteiger partial charge is 0.407 e. The number of aromatic amines is 1. The van der Waals surface area contributed by atoms with Crippen molar-refractivity contribution in [1.29, 1.82) is 0 Å².